The van der Waals surface area contributed by atoms with Gasteiger partial charge in [0.1, 0.15) is 23.4 Å². The predicted octanol–water partition coefficient (Wildman–Crippen LogP) is 4.17. The third-order valence-electron chi connectivity index (χ3n) is 8.32. The van der Waals surface area contributed by atoms with E-state index in [2.05, 4.69) is 20.6 Å². The first-order valence-electron chi connectivity index (χ1n) is 15.5. The van der Waals surface area contributed by atoms with Crippen molar-refractivity contribution >= 4 is 17.7 Å². The smallest absolute Gasteiger partial charge is 0.258 e. The quantitative estimate of drug-likeness (QED) is 0.295. The van der Waals surface area contributed by atoms with E-state index >= 15 is 0 Å². The van der Waals surface area contributed by atoms with Crippen molar-refractivity contribution < 1.29 is 28.2 Å². The largest absolute Gasteiger partial charge is 0.488 e. The molecular weight excluding hydrogens is 615 g/mol. The van der Waals surface area contributed by atoms with Crippen LogP contribution >= 0.6 is 0 Å². The molecule has 7 rings (SSSR count). The number of amides is 3. The molecule has 0 saturated carbocycles. The third kappa shape index (κ3) is 6.87. The van der Waals surface area contributed by atoms with E-state index in [9.17, 15) is 18.8 Å². The fourth-order valence-electron chi connectivity index (χ4n) is 5.87. The lowest BCUT2D eigenvalue weighted by Crippen LogP contribution is -2.58. The molecule has 1 saturated heterocycles. The van der Waals surface area contributed by atoms with Crippen molar-refractivity contribution in [2.75, 3.05) is 19.7 Å². The zero-order valence-electron chi connectivity index (χ0n) is 25.7. The van der Waals surface area contributed by atoms with Crippen LogP contribution in [0, 0.1) is 5.82 Å². The molecule has 2 aromatic heterocycles. The van der Waals surface area contributed by atoms with Gasteiger partial charge in [0, 0.05) is 73.7 Å². The fourth-order valence-corrected chi connectivity index (χ4v) is 5.87. The molecule has 3 aromatic carbocycles. The Labute approximate surface area is 275 Å². The van der Waals surface area contributed by atoms with Gasteiger partial charge in [0.05, 0.1) is 17.9 Å². The van der Waals surface area contributed by atoms with Crippen LogP contribution in [0.4, 0.5) is 4.39 Å². The first-order chi connectivity index (χ1) is 23.4. The highest BCUT2D eigenvalue weighted by Gasteiger charge is 2.35. The van der Waals surface area contributed by atoms with E-state index in [0.717, 1.165) is 11.3 Å². The number of ether oxygens (including phenoxy) is 2. The highest BCUT2D eigenvalue weighted by molar-refractivity contribution is 5.96. The Kier molecular flexibility index (Phi) is 8.52. The highest BCUT2D eigenvalue weighted by Crippen LogP contribution is 2.26. The van der Waals surface area contributed by atoms with Gasteiger partial charge in [-0.05, 0) is 65.7 Å². The normalized spacial score (nSPS) is 18.1. The minimum atomic E-state index is -0.644. The summed E-state index contributed by atoms with van der Waals surface area (Å²) in [5.74, 6) is -0.801. The standard InChI is InChI=1S/C36H31FN6O5/c37-28-12-23-13-31(16-28)48-33-8-10-42(36(46)24-4-6-29(7-5-24)43-11-9-38-22-43)20-32(33)41-35(45)27-14-26(18-39-19-27)25-2-1-3-30(15-25)47-21-34(44)40-17-23/h1-7,9,11-16,18-19,22,32-33H,8,10,17,20-21H2,(H,40,44)(H,41,45)/t32-,33+/m1/s1. The second kappa shape index (κ2) is 13.4. The maximum absolute atomic E-state index is 14.7. The zero-order valence-corrected chi connectivity index (χ0v) is 25.7. The van der Waals surface area contributed by atoms with Crippen molar-refractivity contribution in [2.45, 2.75) is 25.1 Å². The fraction of sp³-hybridized carbons (Fsp3) is 0.194. The Morgan fingerprint density at radius 2 is 1.77 bits per heavy atom. The van der Waals surface area contributed by atoms with Gasteiger partial charge >= 0.3 is 0 Å². The van der Waals surface area contributed by atoms with Crippen molar-refractivity contribution in [1.29, 1.82) is 0 Å². The van der Waals surface area contributed by atoms with Gasteiger partial charge in [0.2, 0.25) is 0 Å². The van der Waals surface area contributed by atoms with Crippen LogP contribution in [0.25, 0.3) is 16.8 Å². The first kappa shape index (κ1) is 30.6. The number of hydrogen-bond donors (Lipinski definition) is 2. The van der Waals surface area contributed by atoms with E-state index in [1.165, 1.54) is 18.3 Å². The molecule has 0 unspecified atom stereocenters. The minimum Gasteiger partial charge on any atom is -0.488 e. The molecule has 4 heterocycles. The van der Waals surface area contributed by atoms with Crippen LogP contribution in [0.1, 0.15) is 32.7 Å². The Balaban J connectivity index is 1.18. The van der Waals surface area contributed by atoms with Crippen LogP contribution in [0.5, 0.6) is 11.5 Å². The first-order valence-corrected chi connectivity index (χ1v) is 15.5. The number of hydrogen-bond acceptors (Lipinski definition) is 7. The molecule has 12 heteroatoms. The number of carbonyl (C=O) groups excluding carboxylic acids is 3. The summed E-state index contributed by atoms with van der Waals surface area (Å²) in [5, 5.41) is 5.81. The lowest BCUT2D eigenvalue weighted by Gasteiger charge is -2.39. The summed E-state index contributed by atoms with van der Waals surface area (Å²) in [4.78, 5) is 50.0. The molecule has 6 bridgehead atoms. The maximum Gasteiger partial charge on any atom is 0.258 e. The molecule has 0 spiro atoms. The van der Waals surface area contributed by atoms with Crippen LogP contribution < -0.4 is 20.1 Å². The highest BCUT2D eigenvalue weighted by atomic mass is 19.1. The summed E-state index contributed by atoms with van der Waals surface area (Å²) in [6.45, 7) is 0.325. The molecule has 11 nitrogen and oxygen atoms in total. The van der Waals surface area contributed by atoms with Crippen LogP contribution in [-0.4, -0.2) is 69.0 Å². The van der Waals surface area contributed by atoms with Crippen molar-refractivity contribution in [2.24, 2.45) is 0 Å². The summed E-state index contributed by atoms with van der Waals surface area (Å²) >= 11 is 0. The number of rotatable bonds is 2. The number of nitrogens with one attached hydrogen (secondary N) is 2. The molecule has 5 aromatic rings. The Bertz CT molecular complexity index is 1970. The summed E-state index contributed by atoms with van der Waals surface area (Å²) < 4.78 is 28.6. The molecule has 2 N–H and O–H groups in total. The molecule has 2 aliphatic rings. The second-order valence-electron chi connectivity index (χ2n) is 11.6. The number of halogens is 1. The van der Waals surface area contributed by atoms with Crippen molar-refractivity contribution in [1.82, 2.24) is 30.1 Å². The topological polar surface area (TPSA) is 128 Å². The number of piperidine rings is 1. The molecular formula is C36H31FN6O5. The molecule has 0 radical (unpaired) electrons. The number of aromatic nitrogens is 3. The van der Waals surface area contributed by atoms with E-state index in [0.29, 0.717) is 41.0 Å². The molecule has 2 aliphatic heterocycles. The maximum atomic E-state index is 14.7. The number of carbonyl (C=O) groups is 3. The predicted molar refractivity (Wildman–Crippen MR) is 173 cm³/mol. The van der Waals surface area contributed by atoms with Gasteiger partial charge in [0.15, 0.2) is 6.61 Å². The van der Waals surface area contributed by atoms with E-state index < -0.39 is 23.9 Å². The molecule has 3 amide bonds. The van der Waals surface area contributed by atoms with Gasteiger partial charge in [0.25, 0.3) is 17.7 Å². The zero-order chi connectivity index (χ0) is 33.0. The molecule has 2 atom stereocenters. The lowest BCUT2D eigenvalue weighted by molar-refractivity contribution is -0.123. The van der Waals surface area contributed by atoms with E-state index in [1.54, 1.807) is 66.1 Å². The Morgan fingerprint density at radius 1 is 0.917 bits per heavy atom. The number of pyridine rings is 1. The average molecular weight is 647 g/mol. The second-order valence-corrected chi connectivity index (χ2v) is 11.6. The number of benzene rings is 3. The molecule has 48 heavy (non-hydrogen) atoms. The van der Waals surface area contributed by atoms with Crippen molar-refractivity contribution in [3.63, 3.8) is 0 Å². The van der Waals surface area contributed by atoms with Crippen LogP contribution in [0.3, 0.4) is 0 Å². The van der Waals surface area contributed by atoms with Crippen molar-refractivity contribution in [3.8, 4) is 28.3 Å². The van der Waals surface area contributed by atoms with Gasteiger partial charge in [-0.2, -0.15) is 0 Å². The number of likely N-dealkylation sites (tertiary alicyclic amines) is 1. The monoisotopic (exact) mass is 646 g/mol. The van der Waals surface area contributed by atoms with E-state index in [-0.39, 0.29) is 37.3 Å². The van der Waals surface area contributed by atoms with Gasteiger partial charge in [-0.1, -0.05) is 12.1 Å². The average Bonchev–Trinajstić information content (AvgIpc) is 3.65. The van der Waals surface area contributed by atoms with Gasteiger partial charge in [-0.15, -0.1) is 0 Å². The number of imidazole rings is 1. The number of nitrogens with zero attached hydrogens (tertiary/aromatic N) is 4. The summed E-state index contributed by atoms with van der Waals surface area (Å²) in [6, 6.07) is 19.6. The summed E-state index contributed by atoms with van der Waals surface area (Å²) in [5.41, 5.74) is 3.59. The Morgan fingerprint density at radius 3 is 2.60 bits per heavy atom. The molecule has 0 aliphatic carbocycles. The third-order valence-corrected chi connectivity index (χ3v) is 8.32. The Hall–Kier alpha value is -6.04. The summed E-state index contributed by atoms with van der Waals surface area (Å²) in [7, 11) is 0. The summed E-state index contributed by atoms with van der Waals surface area (Å²) in [6.07, 6.45) is 8.06. The van der Waals surface area contributed by atoms with Gasteiger partial charge in [-0.25, -0.2) is 9.37 Å². The van der Waals surface area contributed by atoms with Gasteiger partial charge in [-0.3, -0.25) is 19.4 Å². The van der Waals surface area contributed by atoms with Gasteiger partial charge < -0.3 is 29.6 Å². The van der Waals surface area contributed by atoms with Crippen LogP contribution in [-0.2, 0) is 11.3 Å². The molecule has 242 valence electrons. The van der Waals surface area contributed by atoms with Crippen LogP contribution in [0.2, 0.25) is 0 Å². The van der Waals surface area contributed by atoms with E-state index in [1.807, 2.05) is 29.0 Å². The van der Waals surface area contributed by atoms with Crippen LogP contribution in [0.15, 0.2) is 104 Å². The van der Waals surface area contributed by atoms with Crippen molar-refractivity contribution in [3.05, 3.63) is 126 Å². The van der Waals surface area contributed by atoms with E-state index in [4.69, 9.17) is 9.47 Å². The minimum absolute atomic E-state index is 0.0562. The molecule has 1 fully saturated rings. The number of fused-ring (bicyclic) bond motifs is 8. The SMILES string of the molecule is O=C1COc2cccc(c2)-c2cncc(c2)C(=O)N[C@@H]2CN(C(=O)c3ccc(-n4ccnc4)cc3)CC[C@@H]2Oc2cc(F)cc(c2)CN1. The lowest BCUT2D eigenvalue weighted by atomic mass is 9.99.